The van der Waals surface area contributed by atoms with E-state index >= 15 is 0 Å². The van der Waals surface area contributed by atoms with Crippen LogP contribution in [0.1, 0.15) is 24.2 Å². The Balaban J connectivity index is 1.95. The maximum absolute atomic E-state index is 12.2. The first-order chi connectivity index (χ1) is 13.3. The summed E-state index contributed by atoms with van der Waals surface area (Å²) >= 11 is 5.78. The van der Waals surface area contributed by atoms with Crippen LogP contribution in [-0.2, 0) is 4.79 Å². The van der Waals surface area contributed by atoms with Crippen LogP contribution >= 0.6 is 11.6 Å². The Labute approximate surface area is 165 Å². The predicted molar refractivity (Wildman–Crippen MR) is 101 cm³/mol. The van der Waals surface area contributed by atoms with Gasteiger partial charge in [-0.25, -0.2) is 0 Å². The summed E-state index contributed by atoms with van der Waals surface area (Å²) < 4.78 is 10.8. The molecule has 2 aromatic rings. The van der Waals surface area contributed by atoms with Crippen LogP contribution in [0.3, 0.4) is 0 Å². The number of hydrogen-bond donors (Lipinski definition) is 2. The number of ether oxygens (including phenoxy) is 2. The van der Waals surface area contributed by atoms with Crippen molar-refractivity contribution in [3.63, 3.8) is 0 Å². The molecule has 0 aliphatic carbocycles. The third-order valence-electron chi connectivity index (χ3n) is 3.52. The molecule has 0 saturated heterocycles. The largest absolute Gasteiger partial charge is 0.494 e. The molecule has 1 atom stereocenters. The van der Waals surface area contributed by atoms with Gasteiger partial charge >= 0.3 is 0 Å². The number of carbonyl (C=O) groups is 2. The molecule has 0 saturated carbocycles. The number of halogens is 1. The van der Waals surface area contributed by atoms with E-state index in [9.17, 15) is 19.7 Å². The summed E-state index contributed by atoms with van der Waals surface area (Å²) in [5.74, 6) is -0.423. The fraction of sp³-hybridized carbons (Fsp3) is 0.222. The molecule has 2 N–H and O–H groups in total. The van der Waals surface area contributed by atoms with Crippen molar-refractivity contribution < 1.29 is 24.0 Å². The number of hydrazine groups is 1. The summed E-state index contributed by atoms with van der Waals surface area (Å²) in [6, 6.07) is 10.2. The Kier molecular flexibility index (Phi) is 7.16. The smallest absolute Gasteiger partial charge is 0.282 e. The molecule has 9 nitrogen and oxygen atoms in total. The van der Waals surface area contributed by atoms with E-state index in [-0.39, 0.29) is 10.6 Å². The molecule has 0 bridgehead atoms. The number of rotatable bonds is 7. The zero-order valence-electron chi connectivity index (χ0n) is 15.1. The lowest BCUT2D eigenvalue weighted by Gasteiger charge is -2.15. The molecule has 2 amide bonds. The van der Waals surface area contributed by atoms with Crippen molar-refractivity contribution in [2.24, 2.45) is 0 Å². The molecular weight excluding hydrogens is 390 g/mol. The Hall–Kier alpha value is -3.33. The van der Waals surface area contributed by atoms with Gasteiger partial charge < -0.3 is 9.47 Å². The van der Waals surface area contributed by atoms with E-state index < -0.39 is 28.5 Å². The summed E-state index contributed by atoms with van der Waals surface area (Å²) in [4.78, 5) is 34.6. The first kappa shape index (κ1) is 21.0. The SMILES string of the molecule is CCOc1ccc(O[C@H](C)C(=O)NNC(=O)c2cc(Cl)ccc2[N+](=O)[O-])cc1. The topological polar surface area (TPSA) is 120 Å². The van der Waals surface area contributed by atoms with Crippen LogP contribution in [0.15, 0.2) is 42.5 Å². The minimum Gasteiger partial charge on any atom is -0.494 e. The Morgan fingerprint density at radius 2 is 1.79 bits per heavy atom. The Morgan fingerprint density at radius 3 is 2.39 bits per heavy atom. The van der Waals surface area contributed by atoms with E-state index in [1.54, 1.807) is 24.3 Å². The van der Waals surface area contributed by atoms with Crippen molar-refractivity contribution in [1.82, 2.24) is 10.9 Å². The van der Waals surface area contributed by atoms with Gasteiger partial charge in [0.2, 0.25) is 0 Å². The summed E-state index contributed by atoms with van der Waals surface area (Å²) in [7, 11) is 0. The quantitative estimate of drug-likeness (QED) is 0.538. The van der Waals surface area contributed by atoms with Crippen LogP contribution < -0.4 is 20.3 Å². The van der Waals surface area contributed by atoms with Crippen molar-refractivity contribution in [2.75, 3.05) is 6.61 Å². The second kappa shape index (κ2) is 9.56. The lowest BCUT2D eigenvalue weighted by atomic mass is 10.1. The second-order valence-electron chi connectivity index (χ2n) is 5.53. The molecule has 0 radical (unpaired) electrons. The van der Waals surface area contributed by atoms with E-state index in [1.807, 2.05) is 6.92 Å². The Morgan fingerprint density at radius 1 is 1.14 bits per heavy atom. The number of benzene rings is 2. The van der Waals surface area contributed by atoms with Crippen LogP contribution in [0, 0.1) is 10.1 Å². The maximum Gasteiger partial charge on any atom is 0.282 e. The average molecular weight is 408 g/mol. The summed E-state index contributed by atoms with van der Waals surface area (Å²) in [5.41, 5.74) is 3.56. The molecule has 0 spiro atoms. The van der Waals surface area contributed by atoms with Gasteiger partial charge in [0.1, 0.15) is 17.1 Å². The van der Waals surface area contributed by atoms with E-state index in [0.29, 0.717) is 18.1 Å². The Bertz CT molecular complexity index is 872. The molecule has 0 aromatic heterocycles. The molecular formula is C18H18ClN3O6. The number of hydrogen-bond acceptors (Lipinski definition) is 6. The predicted octanol–water partition coefficient (Wildman–Crippen LogP) is 2.88. The standard InChI is InChI=1S/C18H18ClN3O6/c1-3-27-13-5-7-14(8-6-13)28-11(2)17(23)20-21-18(24)15-10-12(19)4-9-16(15)22(25)26/h4-11H,3H2,1-2H3,(H,20,23)(H,21,24)/t11-/m1/s1. The van der Waals surface area contributed by atoms with Gasteiger partial charge in [0.15, 0.2) is 6.10 Å². The maximum atomic E-state index is 12.2. The molecule has 28 heavy (non-hydrogen) atoms. The lowest BCUT2D eigenvalue weighted by molar-refractivity contribution is -0.385. The minimum absolute atomic E-state index is 0.147. The molecule has 0 unspecified atom stereocenters. The molecule has 0 fully saturated rings. The third-order valence-corrected chi connectivity index (χ3v) is 3.75. The van der Waals surface area contributed by atoms with Gasteiger partial charge in [0.05, 0.1) is 11.5 Å². The normalized spacial score (nSPS) is 11.2. The molecule has 148 valence electrons. The van der Waals surface area contributed by atoms with Gasteiger partial charge in [0.25, 0.3) is 17.5 Å². The highest BCUT2D eigenvalue weighted by Gasteiger charge is 2.22. The van der Waals surface area contributed by atoms with E-state index in [2.05, 4.69) is 10.9 Å². The molecule has 2 rings (SSSR count). The van der Waals surface area contributed by atoms with Crippen LogP contribution in [-0.4, -0.2) is 29.4 Å². The molecule has 2 aromatic carbocycles. The van der Waals surface area contributed by atoms with Crippen LogP contribution in [0.2, 0.25) is 5.02 Å². The van der Waals surface area contributed by atoms with Gasteiger partial charge in [0, 0.05) is 11.1 Å². The van der Waals surface area contributed by atoms with Gasteiger partial charge in [-0.2, -0.15) is 0 Å². The number of nitrogens with zero attached hydrogens (tertiary/aromatic N) is 1. The van der Waals surface area contributed by atoms with E-state index in [1.165, 1.54) is 13.0 Å². The number of amides is 2. The monoisotopic (exact) mass is 407 g/mol. The van der Waals surface area contributed by atoms with E-state index in [4.69, 9.17) is 21.1 Å². The van der Waals surface area contributed by atoms with Crippen molar-refractivity contribution in [1.29, 1.82) is 0 Å². The molecule has 0 aliphatic rings. The van der Waals surface area contributed by atoms with Crippen LogP contribution in [0.25, 0.3) is 0 Å². The van der Waals surface area contributed by atoms with E-state index in [0.717, 1.165) is 12.1 Å². The first-order valence-electron chi connectivity index (χ1n) is 8.25. The number of nitro groups is 1. The third kappa shape index (κ3) is 5.58. The fourth-order valence-corrected chi connectivity index (χ4v) is 2.35. The van der Waals surface area contributed by atoms with Crippen molar-refractivity contribution in [3.8, 4) is 11.5 Å². The summed E-state index contributed by atoms with van der Waals surface area (Å²) in [6.07, 6.45) is -0.937. The molecule has 10 heteroatoms. The highest BCUT2D eigenvalue weighted by Crippen LogP contribution is 2.22. The van der Waals surface area contributed by atoms with Crippen molar-refractivity contribution >= 4 is 29.1 Å². The van der Waals surface area contributed by atoms with Crippen molar-refractivity contribution in [3.05, 3.63) is 63.2 Å². The molecule has 0 heterocycles. The van der Waals surface area contributed by atoms with Gasteiger partial charge in [-0.1, -0.05) is 11.6 Å². The lowest BCUT2D eigenvalue weighted by Crippen LogP contribution is -2.47. The number of nitrogens with one attached hydrogen (secondary N) is 2. The fourth-order valence-electron chi connectivity index (χ4n) is 2.18. The van der Waals surface area contributed by atoms with Crippen LogP contribution in [0.5, 0.6) is 11.5 Å². The summed E-state index contributed by atoms with van der Waals surface area (Å²) in [5, 5.41) is 11.2. The van der Waals surface area contributed by atoms with Crippen molar-refractivity contribution in [2.45, 2.75) is 20.0 Å². The minimum atomic E-state index is -0.937. The second-order valence-corrected chi connectivity index (χ2v) is 5.96. The molecule has 0 aliphatic heterocycles. The van der Waals surface area contributed by atoms with Gasteiger partial charge in [-0.3, -0.25) is 30.6 Å². The zero-order valence-corrected chi connectivity index (χ0v) is 15.9. The highest BCUT2D eigenvalue weighted by atomic mass is 35.5. The van der Waals surface area contributed by atoms with Crippen LogP contribution in [0.4, 0.5) is 5.69 Å². The number of carbonyl (C=O) groups excluding carboxylic acids is 2. The number of nitro benzene ring substituents is 1. The average Bonchev–Trinajstić information content (AvgIpc) is 2.67. The highest BCUT2D eigenvalue weighted by molar-refractivity contribution is 6.31. The summed E-state index contributed by atoms with van der Waals surface area (Å²) in [6.45, 7) is 3.88. The zero-order chi connectivity index (χ0) is 20.7. The van der Waals surface area contributed by atoms with Gasteiger partial charge in [-0.05, 0) is 50.2 Å². The van der Waals surface area contributed by atoms with Gasteiger partial charge in [-0.15, -0.1) is 0 Å². The first-order valence-corrected chi connectivity index (χ1v) is 8.63.